The molecule has 1 atom stereocenters. The minimum atomic E-state index is -3.00. The zero-order chi connectivity index (χ0) is 19.4. The van der Waals surface area contributed by atoms with Crippen LogP contribution in [-0.4, -0.2) is 17.8 Å². The second-order valence-corrected chi connectivity index (χ2v) is 6.58. The number of benzene rings is 1. The maximum atomic E-state index is 12.5. The van der Waals surface area contributed by atoms with Crippen molar-refractivity contribution in [1.82, 2.24) is 0 Å². The van der Waals surface area contributed by atoms with Gasteiger partial charge in [0.25, 0.3) is 0 Å². The molecule has 1 aromatic carbocycles. The van der Waals surface area contributed by atoms with Gasteiger partial charge < -0.3 is 19.8 Å². The highest BCUT2D eigenvalue weighted by molar-refractivity contribution is 6.35. The van der Waals surface area contributed by atoms with Gasteiger partial charge in [-0.3, -0.25) is 0 Å². The third-order valence-electron chi connectivity index (χ3n) is 3.39. The number of rotatable bonds is 7. The van der Waals surface area contributed by atoms with E-state index in [1.54, 1.807) is 13.8 Å². The molecule has 1 aromatic heterocycles. The van der Waals surface area contributed by atoms with Gasteiger partial charge in [0, 0.05) is 12.0 Å². The van der Waals surface area contributed by atoms with Crippen molar-refractivity contribution in [3.05, 3.63) is 57.0 Å². The monoisotopic (exact) mass is 407 g/mol. The first-order valence-electron chi connectivity index (χ1n) is 7.67. The molecule has 1 N–H and O–H groups in total. The Morgan fingerprint density at radius 2 is 1.73 bits per heavy atom. The van der Waals surface area contributed by atoms with Gasteiger partial charge in [0.15, 0.2) is 23.9 Å². The number of alkyl halides is 2. The molecule has 9 heteroatoms. The van der Waals surface area contributed by atoms with Crippen molar-refractivity contribution in [2.45, 2.75) is 39.1 Å². The van der Waals surface area contributed by atoms with Crippen LogP contribution in [-0.2, 0) is 6.42 Å². The molecule has 142 valence electrons. The molecule has 0 spiro atoms. The Morgan fingerprint density at radius 3 is 2.27 bits per heavy atom. The van der Waals surface area contributed by atoms with Gasteiger partial charge in [-0.1, -0.05) is 29.3 Å². The lowest BCUT2D eigenvalue weighted by molar-refractivity contribution is -0.605. The third kappa shape index (κ3) is 5.33. The first-order valence-corrected chi connectivity index (χ1v) is 8.43. The zero-order valence-electron chi connectivity index (χ0n) is 14.0. The second-order valence-electron chi connectivity index (χ2n) is 5.76. The lowest BCUT2D eigenvalue weighted by Crippen LogP contribution is -2.25. The molecule has 0 amide bonds. The lowest BCUT2D eigenvalue weighted by Gasteiger charge is -2.18. The molecule has 2 rings (SSSR count). The summed E-state index contributed by atoms with van der Waals surface area (Å²) in [6, 6.07) is 4.15. The summed E-state index contributed by atoms with van der Waals surface area (Å²) in [5.74, 6) is -0.0488. The van der Waals surface area contributed by atoms with E-state index < -0.39 is 12.7 Å². The molecule has 0 aliphatic rings. The van der Waals surface area contributed by atoms with Crippen LogP contribution in [0.5, 0.6) is 11.5 Å². The first kappa shape index (κ1) is 20.5. The number of nitrogens with zero attached hydrogens (tertiary/aromatic N) is 1. The van der Waals surface area contributed by atoms with E-state index in [2.05, 4.69) is 4.74 Å². The molecule has 0 bridgehead atoms. The lowest BCUT2D eigenvalue weighted by atomic mass is 10.0. The highest BCUT2D eigenvalue weighted by Gasteiger charge is 2.20. The maximum absolute atomic E-state index is 12.5. The van der Waals surface area contributed by atoms with Crippen LogP contribution in [0, 0.1) is 5.21 Å². The van der Waals surface area contributed by atoms with Gasteiger partial charge in [-0.05, 0) is 31.5 Å². The summed E-state index contributed by atoms with van der Waals surface area (Å²) in [6.07, 6.45) is 0.940. The van der Waals surface area contributed by atoms with E-state index in [1.165, 1.54) is 18.2 Å². The number of hydrogen-bond acceptors (Lipinski definition) is 4. The Labute approximate surface area is 159 Å². The fourth-order valence-electron chi connectivity index (χ4n) is 2.31. The van der Waals surface area contributed by atoms with Crippen molar-refractivity contribution < 1.29 is 28.1 Å². The summed E-state index contributed by atoms with van der Waals surface area (Å²) in [4.78, 5) is 0. The van der Waals surface area contributed by atoms with Crippen molar-refractivity contribution in [2.75, 3.05) is 0 Å². The zero-order valence-corrected chi connectivity index (χ0v) is 15.5. The Balaban J connectivity index is 2.30. The molecule has 2 aromatic rings. The number of aliphatic hydroxyl groups is 1. The number of ether oxygens (including phenoxy) is 2. The van der Waals surface area contributed by atoms with E-state index >= 15 is 0 Å². The van der Waals surface area contributed by atoms with Gasteiger partial charge in [-0.15, -0.1) is 0 Å². The number of pyridine rings is 1. The number of hydrogen-bond donors (Lipinski definition) is 1. The van der Waals surface area contributed by atoms with E-state index in [0.717, 1.165) is 12.4 Å². The van der Waals surface area contributed by atoms with Crippen LogP contribution in [0.25, 0.3) is 0 Å². The van der Waals surface area contributed by atoms with E-state index in [0.29, 0.717) is 15.9 Å². The van der Waals surface area contributed by atoms with Crippen LogP contribution in [0.3, 0.4) is 0 Å². The van der Waals surface area contributed by atoms with Gasteiger partial charge in [0.2, 0.25) is 0 Å². The summed E-state index contributed by atoms with van der Waals surface area (Å²) < 4.78 is 35.4. The maximum Gasteiger partial charge on any atom is 0.387 e. The van der Waals surface area contributed by atoms with Crippen molar-refractivity contribution in [1.29, 1.82) is 0 Å². The molecule has 0 aliphatic heterocycles. The molecule has 1 heterocycles. The van der Waals surface area contributed by atoms with Crippen LogP contribution in [0.2, 0.25) is 10.0 Å². The highest BCUT2D eigenvalue weighted by Crippen LogP contribution is 2.34. The van der Waals surface area contributed by atoms with Gasteiger partial charge in [0.05, 0.1) is 12.2 Å². The van der Waals surface area contributed by atoms with Crippen molar-refractivity contribution in [3.63, 3.8) is 0 Å². The predicted molar refractivity (Wildman–Crippen MR) is 92.9 cm³/mol. The minimum absolute atomic E-state index is 0.0225. The van der Waals surface area contributed by atoms with E-state index in [9.17, 15) is 19.1 Å². The van der Waals surface area contributed by atoms with Crippen molar-refractivity contribution in [3.8, 4) is 11.5 Å². The Morgan fingerprint density at radius 1 is 1.12 bits per heavy atom. The molecule has 0 fully saturated rings. The number of halogens is 4. The fourth-order valence-corrected chi connectivity index (χ4v) is 2.91. The van der Waals surface area contributed by atoms with Crippen LogP contribution in [0.1, 0.15) is 31.1 Å². The Kier molecular flexibility index (Phi) is 6.86. The number of aromatic nitrogens is 1. The van der Waals surface area contributed by atoms with Crippen LogP contribution >= 0.6 is 23.2 Å². The van der Waals surface area contributed by atoms with Crippen molar-refractivity contribution >= 4 is 23.2 Å². The molecule has 0 saturated carbocycles. The predicted octanol–water partition coefficient (Wildman–Crippen LogP) is 4.29. The average molecular weight is 408 g/mol. The highest BCUT2D eigenvalue weighted by atomic mass is 35.5. The van der Waals surface area contributed by atoms with Crippen LogP contribution in [0.15, 0.2) is 30.6 Å². The summed E-state index contributed by atoms with van der Waals surface area (Å²) in [7, 11) is 0. The van der Waals surface area contributed by atoms with Crippen LogP contribution < -0.4 is 14.2 Å². The minimum Gasteiger partial charge on any atom is -0.619 e. The third-order valence-corrected chi connectivity index (χ3v) is 4.04. The van der Waals surface area contributed by atoms with E-state index in [-0.39, 0.29) is 34.1 Å². The van der Waals surface area contributed by atoms with Crippen LogP contribution in [0.4, 0.5) is 8.78 Å². The standard InChI is InChI=1S/C17H17Cl2F2NO4/c1-9(2)25-16-5-10(3-4-15(16)26-17(20)21)14(23)6-11-12(18)7-22(24)8-13(11)19/h3-5,7-9,14,17,23H,6H2,1-2H3. The molecule has 0 radical (unpaired) electrons. The summed E-state index contributed by atoms with van der Waals surface area (Å²) in [6.45, 7) is 0.467. The molecular formula is C17H17Cl2F2NO4. The molecule has 5 nitrogen and oxygen atoms in total. The van der Waals surface area contributed by atoms with Gasteiger partial charge in [-0.25, -0.2) is 0 Å². The SMILES string of the molecule is CC(C)Oc1cc(C(O)Cc2c(Cl)c[n+]([O-])cc2Cl)ccc1OC(F)F. The summed E-state index contributed by atoms with van der Waals surface area (Å²) in [5.41, 5.74) is 0.792. The molecule has 1 unspecified atom stereocenters. The smallest absolute Gasteiger partial charge is 0.387 e. The molecule has 0 aliphatic carbocycles. The fraction of sp³-hybridized carbons (Fsp3) is 0.353. The summed E-state index contributed by atoms with van der Waals surface area (Å²) >= 11 is 12.0. The van der Waals surface area contributed by atoms with Crippen molar-refractivity contribution in [2.24, 2.45) is 0 Å². The van der Waals surface area contributed by atoms with E-state index in [1.807, 2.05) is 0 Å². The topological polar surface area (TPSA) is 65.6 Å². The van der Waals surface area contributed by atoms with Gasteiger partial charge in [-0.2, -0.15) is 13.5 Å². The molecular weight excluding hydrogens is 391 g/mol. The molecule has 26 heavy (non-hydrogen) atoms. The van der Waals surface area contributed by atoms with Gasteiger partial charge >= 0.3 is 6.61 Å². The average Bonchev–Trinajstić information content (AvgIpc) is 2.51. The largest absolute Gasteiger partial charge is 0.619 e. The van der Waals surface area contributed by atoms with E-state index in [4.69, 9.17) is 27.9 Å². The Hall–Kier alpha value is -1.83. The first-order chi connectivity index (χ1) is 12.2. The van der Waals surface area contributed by atoms with Gasteiger partial charge in [0.1, 0.15) is 10.0 Å². The second kappa shape index (κ2) is 8.70. The summed E-state index contributed by atoms with van der Waals surface area (Å²) in [5, 5.41) is 22.0. The Bertz CT molecular complexity index is 751. The number of aliphatic hydroxyl groups excluding tert-OH is 1. The quantitative estimate of drug-likeness (QED) is 0.549. The normalized spacial score (nSPS) is 12.5. The molecule has 0 saturated heterocycles.